The third kappa shape index (κ3) is 11.4. The van der Waals surface area contributed by atoms with Gasteiger partial charge in [-0.2, -0.15) is 0 Å². The van der Waals surface area contributed by atoms with Crippen molar-refractivity contribution >= 4 is 50.6 Å². The lowest BCUT2D eigenvalue weighted by Gasteiger charge is -2.30. The lowest BCUT2D eigenvalue weighted by atomic mass is 9.95. The molecule has 3 atom stereocenters. The fourth-order valence-electron chi connectivity index (χ4n) is 2.69. The summed E-state index contributed by atoms with van der Waals surface area (Å²) in [4.78, 5) is 4.20. The van der Waals surface area contributed by atoms with Gasteiger partial charge in [0.15, 0.2) is 5.96 Å². The van der Waals surface area contributed by atoms with Crippen molar-refractivity contribution in [2.45, 2.75) is 43.9 Å². The second-order valence-electron chi connectivity index (χ2n) is 6.04. The van der Waals surface area contributed by atoms with Crippen LogP contribution >= 0.6 is 24.0 Å². The first-order chi connectivity index (χ1) is 11.4. The molecule has 1 aliphatic carbocycles. The minimum atomic E-state index is -2.97. The molecule has 1 aliphatic rings. The highest BCUT2D eigenvalue weighted by atomic mass is 127. The summed E-state index contributed by atoms with van der Waals surface area (Å²) in [6, 6.07) is 0.289. The number of aliphatic imine (C=N–C) groups is 1. The van der Waals surface area contributed by atoms with Gasteiger partial charge in [-0.3, -0.25) is 9.20 Å². The molecule has 2 N–H and O–H groups in total. The van der Waals surface area contributed by atoms with E-state index < -0.39 is 20.6 Å². The Bertz CT molecular complexity index is 529. The van der Waals surface area contributed by atoms with Gasteiger partial charge in [0.1, 0.15) is 9.84 Å². The maximum Gasteiger partial charge on any atom is 0.191 e. The fraction of sp³-hybridized carbons (Fsp3) is 0.933. The predicted octanol–water partition coefficient (Wildman–Crippen LogP) is 0.910. The lowest BCUT2D eigenvalue weighted by Crippen LogP contribution is -2.47. The van der Waals surface area contributed by atoms with E-state index >= 15 is 0 Å². The molecule has 7 nitrogen and oxygen atoms in total. The summed E-state index contributed by atoms with van der Waals surface area (Å²) in [6.45, 7) is 3.15. The average Bonchev–Trinajstić information content (AvgIpc) is 2.55. The maximum absolute atomic E-state index is 12.0. The first-order valence-corrected chi connectivity index (χ1v) is 11.9. The minimum absolute atomic E-state index is 0. The number of sulfone groups is 1. The molecule has 150 valence electrons. The van der Waals surface area contributed by atoms with Crippen LogP contribution in [-0.4, -0.2) is 74.4 Å². The van der Waals surface area contributed by atoms with Crippen LogP contribution in [0.15, 0.2) is 4.99 Å². The van der Waals surface area contributed by atoms with Crippen molar-refractivity contribution in [3.8, 4) is 0 Å². The average molecular weight is 509 g/mol. The van der Waals surface area contributed by atoms with Crippen LogP contribution in [-0.2, 0) is 25.4 Å². The van der Waals surface area contributed by atoms with E-state index in [1.807, 2.05) is 6.92 Å². The summed E-state index contributed by atoms with van der Waals surface area (Å²) in [5.74, 6) is 1.46. The van der Waals surface area contributed by atoms with Crippen molar-refractivity contribution in [1.29, 1.82) is 0 Å². The summed E-state index contributed by atoms with van der Waals surface area (Å²) in [7, 11) is -2.00. The molecule has 0 aromatic rings. The lowest BCUT2D eigenvalue weighted by molar-refractivity contribution is 0.154. The molecule has 0 aromatic carbocycles. The van der Waals surface area contributed by atoms with E-state index in [4.69, 9.17) is 4.74 Å². The van der Waals surface area contributed by atoms with Crippen molar-refractivity contribution in [2.75, 3.05) is 44.6 Å². The molecular weight excluding hydrogens is 477 g/mol. The Morgan fingerprint density at radius 1 is 1.32 bits per heavy atom. The van der Waals surface area contributed by atoms with Crippen LogP contribution < -0.4 is 10.6 Å². The van der Waals surface area contributed by atoms with Crippen LogP contribution in [0, 0.1) is 0 Å². The first kappa shape index (κ1) is 25.1. The fourth-order valence-corrected chi connectivity index (χ4v) is 4.46. The quantitative estimate of drug-likeness (QED) is 0.208. The van der Waals surface area contributed by atoms with E-state index in [-0.39, 0.29) is 47.6 Å². The molecule has 0 aromatic heterocycles. The highest BCUT2D eigenvalue weighted by molar-refractivity contribution is 14.0. The van der Waals surface area contributed by atoms with Gasteiger partial charge in [0.2, 0.25) is 0 Å². The van der Waals surface area contributed by atoms with E-state index in [9.17, 15) is 12.6 Å². The topological polar surface area (TPSA) is 96.9 Å². The van der Waals surface area contributed by atoms with Crippen LogP contribution in [0.4, 0.5) is 0 Å². The van der Waals surface area contributed by atoms with Crippen LogP contribution in [0.25, 0.3) is 0 Å². The van der Waals surface area contributed by atoms with Crippen molar-refractivity contribution in [3.63, 3.8) is 0 Å². The smallest absolute Gasteiger partial charge is 0.191 e. The Labute approximate surface area is 171 Å². The Morgan fingerprint density at radius 3 is 2.64 bits per heavy atom. The molecule has 0 bridgehead atoms. The molecule has 0 radical (unpaired) electrons. The molecule has 0 aliphatic heterocycles. The highest BCUT2D eigenvalue weighted by Crippen LogP contribution is 2.22. The van der Waals surface area contributed by atoms with Gasteiger partial charge < -0.3 is 15.4 Å². The standard InChI is InChI=1S/C15H31N3O4S2.HI/c1-4-23(19)14-7-5-6-13(12-14)18-15(16-2)17-8-9-22-10-11-24(3,20)21;/h13-14H,4-12H2,1-3H3,(H2,16,17,18);1H. The highest BCUT2D eigenvalue weighted by Gasteiger charge is 2.25. The number of ether oxygens (including phenoxy) is 1. The molecule has 0 saturated heterocycles. The summed E-state index contributed by atoms with van der Waals surface area (Å²) in [6.07, 6.45) is 5.29. The van der Waals surface area contributed by atoms with Gasteiger partial charge in [-0.05, 0) is 19.3 Å². The van der Waals surface area contributed by atoms with Crippen molar-refractivity contribution < 1.29 is 17.4 Å². The molecule has 0 amide bonds. The summed E-state index contributed by atoms with van der Waals surface area (Å²) < 4.78 is 39.3. The maximum atomic E-state index is 12.0. The second kappa shape index (κ2) is 13.3. The number of nitrogens with one attached hydrogen (secondary N) is 2. The predicted molar refractivity (Wildman–Crippen MR) is 115 cm³/mol. The first-order valence-electron chi connectivity index (χ1n) is 8.45. The normalized spacial score (nSPS) is 22.8. The SMILES string of the molecule is CCS(=O)C1CCCC(NC(=NC)NCCOCCS(C)(=O)=O)C1.I. The molecule has 10 heteroatoms. The number of halogens is 1. The number of hydrogen-bond donors (Lipinski definition) is 2. The molecule has 0 heterocycles. The second-order valence-corrected chi connectivity index (χ2v) is 10.3. The van der Waals surface area contributed by atoms with Gasteiger partial charge in [0.05, 0.1) is 19.0 Å². The van der Waals surface area contributed by atoms with Gasteiger partial charge >= 0.3 is 0 Å². The molecule has 1 rings (SSSR count). The summed E-state index contributed by atoms with van der Waals surface area (Å²) >= 11 is 0. The molecule has 3 unspecified atom stereocenters. The summed E-state index contributed by atoms with van der Waals surface area (Å²) in [5, 5.41) is 6.82. The van der Waals surface area contributed by atoms with E-state index in [0.717, 1.165) is 31.4 Å². The van der Waals surface area contributed by atoms with Gasteiger partial charge in [-0.15, -0.1) is 24.0 Å². The van der Waals surface area contributed by atoms with Gasteiger partial charge in [0, 0.05) is 47.7 Å². The van der Waals surface area contributed by atoms with Gasteiger partial charge in [0.25, 0.3) is 0 Å². The van der Waals surface area contributed by atoms with Crippen molar-refractivity contribution in [2.24, 2.45) is 4.99 Å². The van der Waals surface area contributed by atoms with Crippen LogP contribution in [0.5, 0.6) is 0 Å². The van der Waals surface area contributed by atoms with Gasteiger partial charge in [-0.1, -0.05) is 13.3 Å². The number of nitrogens with zero attached hydrogens (tertiary/aromatic N) is 1. The molecule has 0 spiro atoms. The molecular formula is C15H32IN3O4S2. The Balaban J connectivity index is 0.00000576. The van der Waals surface area contributed by atoms with E-state index in [0.29, 0.717) is 19.1 Å². The number of rotatable bonds is 9. The van der Waals surface area contributed by atoms with Crippen molar-refractivity contribution in [1.82, 2.24) is 10.6 Å². The Kier molecular flexibility index (Phi) is 13.3. The molecule has 1 fully saturated rings. The molecule has 25 heavy (non-hydrogen) atoms. The largest absolute Gasteiger partial charge is 0.379 e. The molecule has 1 saturated carbocycles. The van der Waals surface area contributed by atoms with Crippen LogP contribution in [0.3, 0.4) is 0 Å². The van der Waals surface area contributed by atoms with E-state index in [1.165, 1.54) is 6.26 Å². The third-order valence-electron chi connectivity index (χ3n) is 3.98. The monoisotopic (exact) mass is 509 g/mol. The number of guanidine groups is 1. The van der Waals surface area contributed by atoms with E-state index in [2.05, 4.69) is 15.6 Å². The zero-order chi connectivity index (χ0) is 18.0. The number of hydrogen-bond acceptors (Lipinski definition) is 5. The van der Waals surface area contributed by atoms with Crippen LogP contribution in [0.2, 0.25) is 0 Å². The Hall–Kier alpha value is 0.0600. The van der Waals surface area contributed by atoms with Crippen molar-refractivity contribution in [3.05, 3.63) is 0 Å². The zero-order valence-corrected chi connectivity index (χ0v) is 19.3. The third-order valence-corrected chi connectivity index (χ3v) is 6.63. The van der Waals surface area contributed by atoms with Crippen LogP contribution in [0.1, 0.15) is 32.6 Å². The van der Waals surface area contributed by atoms with E-state index in [1.54, 1.807) is 7.05 Å². The zero-order valence-electron chi connectivity index (χ0n) is 15.3. The van der Waals surface area contributed by atoms with Gasteiger partial charge in [-0.25, -0.2) is 8.42 Å². The summed E-state index contributed by atoms with van der Waals surface area (Å²) in [5.41, 5.74) is 0. The minimum Gasteiger partial charge on any atom is -0.379 e. The Morgan fingerprint density at radius 2 is 2.04 bits per heavy atom.